The van der Waals surface area contributed by atoms with E-state index < -0.39 is 0 Å². The molecule has 2 aliphatic heterocycles. The number of rotatable bonds is 4. The van der Waals surface area contributed by atoms with Gasteiger partial charge in [-0.05, 0) is 31.1 Å². The Balaban J connectivity index is 1.82. The first-order chi connectivity index (χ1) is 10.2. The molecule has 3 heterocycles. The summed E-state index contributed by atoms with van der Waals surface area (Å²) in [6.07, 6.45) is 3.60. The lowest BCUT2D eigenvalue weighted by Gasteiger charge is -2.21. The van der Waals surface area contributed by atoms with Crippen LogP contribution in [0.4, 0.5) is 17.8 Å². The average Bonchev–Trinajstić information content (AvgIpc) is 3.18. The number of hydrogen-bond acceptors (Lipinski definition) is 7. The molecule has 0 spiro atoms. The van der Waals surface area contributed by atoms with Gasteiger partial charge in [-0.15, -0.1) is 0 Å². The molecule has 1 aromatic heterocycles. The molecule has 0 saturated carbocycles. The zero-order valence-electron chi connectivity index (χ0n) is 12.9. The van der Waals surface area contributed by atoms with Crippen LogP contribution in [0.1, 0.15) is 33.1 Å². The van der Waals surface area contributed by atoms with E-state index in [4.69, 9.17) is 5.84 Å². The van der Waals surface area contributed by atoms with Crippen LogP contribution < -0.4 is 21.1 Å². The minimum Gasteiger partial charge on any atom is -0.341 e. The molecular weight excluding hydrogens is 266 g/mol. The van der Waals surface area contributed by atoms with Crippen molar-refractivity contribution in [1.29, 1.82) is 0 Å². The van der Waals surface area contributed by atoms with Gasteiger partial charge in [0, 0.05) is 26.2 Å². The summed E-state index contributed by atoms with van der Waals surface area (Å²) in [7, 11) is 0. The van der Waals surface area contributed by atoms with Gasteiger partial charge in [-0.2, -0.15) is 15.0 Å². The fourth-order valence-corrected chi connectivity index (χ4v) is 3.13. The summed E-state index contributed by atoms with van der Waals surface area (Å²) in [5, 5.41) is 0. The van der Waals surface area contributed by atoms with Crippen LogP contribution in [0, 0.1) is 11.8 Å². The number of nitrogens with one attached hydrogen (secondary N) is 1. The van der Waals surface area contributed by atoms with Crippen LogP contribution in [0.2, 0.25) is 0 Å². The van der Waals surface area contributed by atoms with Crippen LogP contribution in [0.5, 0.6) is 0 Å². The van der Waals surface area contributed by atoms with Crippen molar-refractivity contribution in [2.24, 2.45) is 17.7 Å². The summed E-state index contributed by atoms with van der Waals surface area (Å²) in [6.45, 7) is 8.62. The molecule has 116 valence electrons. The number of nitrogen functional groups attached to an aromatic ring is 1. The lowest BCUT2D eigenvalue weighted by atomic mass is 9.95. The van der Waals surface area contributed by atoms with Gasteiger partial charge in [0.05, 0.1) is 0 Å². The summed E-state index contributed by atoms with van der Waals surface area (Å²) >= 11 is 0. The number of nitrogens with two attached hydrogens (primary N) is 1. The van der Waals surface area contributed by atoms with Crippen LogP contribution in [0.3, 0.4) is 0 Å². The van der Waals surface area contributed by atoms with Crippen molar-refractivity contribution in [2.75, 3.05) is 41.4 Å². The smallest absolute Gasteiger partial charge is 0.243 e. The molecular formula is C14H25N7. The fourth-order valence-electron chi connectivity index (χ4n) is 3.13. The normalized spacial score (nSPS) is 22.4. The van der Waals surface area contributed by atoms with Gasteiger partial charge in [0.2, 0.25) is 17.8 Å². The van der Waals surface area contributed by atoms with Gasteiger partial charge in [0.15, 0.2) is 0 Å². The van der Waals surface area contributed by atoms with Gasteiger partial charge < -0.3 is 9.80 Å². The van der Waals surface area contributed by atoms with Gasteiger partial charge in [-0.25, -0.2) is 5.84 Å². The minimum atomic E-state index is 0.454. The summed E-state index contributed by atoms with van der Waals surface area (Å²) in [4.78, 5) is 18.0. The number of nitrogens with zero attached hydrogens (tertiary/aromatic N) is 5. The van der Waals surface area contributed by atoms with Gasteiger partial charge in [-0.3, -0.25) is 5.43 Å². The van der Waals surface area contributed by atoms with E-state index in [1.807, 2.05) is 0 Å². The minimum absolute atomic E-state index is 0.454. The van der Waals surface area contributed by atoms with Crippen LogP contribution in [0.15, 0.2) is 0 Å². The molecule has 0 radical (unpaired) electrons. The van der Waals surface area contributed by atoms with Gasteiger partial charge in [-0.1, -0.05) is 13.8 Å². The molecule has 2 fully saturated rings. The number of hydrogen-bond donors (Lipinski definition) is 2. The van der Waals surface area contributed by atoms with Crippen LogP contribution in [-0.4, -0.2) is 41.1 Å². The molecule has 0 aromatic carbocycles. The van der Waals surface area contributed by atoms with E-state index in [0.29, 0.717) is 17.8 Å². The first kappa shape index (κ1) is 14.3. The summed E-state index contributed by atoms with van der Waals surface area (Å²) in [5.41, 5.74) is 2.57. The molecule has 1 unspecified atom stereocenters. The van der Waals surface area contributed by atoms with Gasteiger partial charge in [0.25, 0.3) is 0 Å². The van der Waals surface area contributed by atoms with Crippen molar-refractivity contribution >= 4 is 17.8 Å². The Hall–Kier alpha value is -1.63. The predicted octanol–water partition coefficient (Wildman–Crippen LogP) is 1.24. The molecule has 2 saturated heterocycles. The molecule has 0 aliphatic carbocycles. The average molecular weight is 291 g/mol. The molecule has 3 rings (SSSR count). The van der Waals surface area contributed by atoms with E-state index in [-0.39, 0.29) is 0 Å². The molecule has 7 nitrogen and oxygen atoms in total. The highest BCUT2D eigenvalue weighted by molar-refractivity contribution is 5.45. The first-order valence-corrected chi connectivity index (χ1v) is 7.90. The Morgan fingerprint density at radius 1 is 1.05 bits per heavy atom. The summed E-state index contributed by atoms with van der Waals surface area (Å²) in [6, 6.07) is 0. The Bertz CT molecular complexity index is 484. The van der Waals surface area contributed by atoms with Crippen LogP contribution in [-0.2, 0) is 0 Å². The molecule has 1 atom stereocenters. The highest BCUT2D eigenvalue weighted by Gasteiger charge is 2.28. The number of anilines is 3. The van der Waals surface area contributed by atoms with Crippen molar-refractivity contribution < 1.29 is 0 Å². The monoisotopic (exact) mass is 291 g/mol. The second kappa shape index (κ2) is 6.01. The third-order valence-corrected chi connectivity index (χ3v) is 4.58. The number of hydrazine groups is 1. The summed E-state index contributed by atoms with van der Waals surface area (Å²) < 4.78 is 0. The molecule has 0 amide bonds. The third-order valence-electron chi connectivity index (χ3n) is 4.58. The van der Waals surface area contributed by atoms with Gasteiger partial charge in [0.1, 0.15) is 0 Å². The largest absolute Gasteiger partial charge is 0.341 e. The topological polar surface area (TPSA) is 83.2 Å². The van der Waals surface area contributed by atoms with E-state index in [1.54, 1.807) is 0 Å². The van der Waals surface area contributed by atoms with Gasteiger partial charge >= 0.3 is 0 Å². The standard InChI is InChI=1S/C14H25N7/c1-10(2)11-5-8-21(9-11)14-17-12(19-15)16-13(18-14)20-6-3-4-7-20/h10-11H,3-9,15H2,1-2H3,(H,16,17,18,19). The lowest BCUT2D eigenvalue weighted by Crippen LogP contribution is -2.27. The molecule has 3 N–H and O–H groups in total. The van der Waals surface area contributed by atoms with Crippen molar-refractivity contribution in [3.05, 3.63) is 0 Å². The predicted molar refractivity (Wildman–Crippen MR) is 84.2 cm³/mol. The Morgan fingerprint density at radius 3 is 2.29 bits per heavy atom. The lowest BCUT2D eigenvalue weighted by molar-refractivity contribution is 0.422. The van der Waals surface area contributed by atoms with Crippen molar-refractivity contribution in [1.82, 2.24) is 15.0 Å². The van der Waals surface area contributed by atoms with E-state index in [0.717, 1.165) is 38.1 Å². The van der Waals surface area contributed by atoms with Crippen molar-refractivity contribution in [3.63, 3.8) is 0 Å². The quantitative estimate of drug-likeness (QED) is 0.638. The van der Waals surface area contributed by atoms with E-state index >= 15 is 0 Å². The molecule has 1 aromatic rings. The molecule has 21 heavy (non-hydrogen) atoms. The molecule has 2 aliphatic rings. The second-order valence-corrected chi connectivity index (χ2v) is 6.34. The van der Waals surface area contributed by atoms with Crippen LogP contribution in [0.25, 0.3) is 0 Å². The zero-order valence-corrected chi connectivity index (χ0v) is 12.9. The zero-order chi connectivity index (χ0) is 14.8. The molecule has 0 bridgehead atoms. The molecule has 7 heteroatoms. The highest BCUT2D eigenvalue weighted by atomic mass is 15.4. The van der Waals surface area contributed by atoms with Crippen molar-refractivity contribution in [2.45, 2.75) is 33.1 Å². The Labute approximate surface area is 125 Å². The maximum atomic E-state index is 5.52. The van der Waals surface area contributed by atoms with E-state index in [1.165, 1.54) is 19.3 Å². The SMILES string of the molecule is CC(C)C1CCN(c2nc(NN)nc(N3CCCC3)n2)C1. The van der Waals surface area contributed by atoms with Crippen LogP contribution >= 0.6 is 0 Å². The maximum Gasteiger partial charge on any atom is 0.243 e. The Kier molecular flexibility index (Phi) is 4.10. The fraction of sp³-hybridized carbons (Fsp3) is 0.786. The Morgan fingerprint density at radius 2 is 1.71 bits per heavy atom. The second-order valence-electron chi connectivity index (χ2n) is 6.34. The number of aromatic nitrogens is 3. The maximum absolute atomic E-state index is 5.52. The summed E-state index contributed by atoms with van der Waals surface area (Å²) in [5.74, 6) is 8.89. The highest BCUT2D eigenvalue weighted by Crippen LogP contribution is 2.28. The van der Waals surface area contributed by atoms with Crippen molar-refractivity contribution in [3.8, 4) is 0 Å². The first-order valence-electron chi connectivity index (χ1n) is 7.90. The van der Waals surface area contributed by atoms with E-state index in [9.17, 15) is 0 Å². The van der Waals surface area contributed by atoms with E-state index in [2.05, 4.69) is 44.0 Å². The third kappa shape index (κ3) is 3.02.